The van der Waals surface area contributed by atoms with E-state index in [2.05, 4.69) is 32.8 Å². The van der Waals surface area contributed by atoms with Crippen molar-refractivity contribution in [3.8, 4) is 11.6 Å². The van der Waals surface area contributed by atoms with Gasteiger partial charge in [0.15, 0.2) is 0 Å². The number of aromatic nitrogens is 2. The van der Waals surface area contributed by atoms with Gasteiger partial charge in [0.25, 0.3) is 0 Å². The summed E-state index contributed by atoms with van der Waals surface area (Å²) in [7, 11) is 0. The molecule has 0 atom stereocenters. The van der Waals surface area contributed by atoms with Crippen LogP contribution in [0.3, 0.4) is 0 Å². The van der Waals surface area contributed by atoms with E-state index in [1.54, 1.807) is 16.8 Å². The predicted molar refractivity (Wildman–Crippen MR) is 117 cm³/mol. The zero-order chi connectivity index (χ0) is 21.0. The fourth-order valence-electron chi connectivity index (χ4n) is 2.91. The van der Waals surface area contributed by atoms with Crippen molar-refractivity contribution in [2.75, 3.05) is 0 Å². The number of rotatable bonds is 6. The molecule has 0 saturated heterocycles. The molecule has 4 nitrogen and oxygen atoms in total. The maximum atomic E-state index is 12.8. The standard InChI is InChI=1S/C24H27ClN2O2/c1-5-6-7-17-8-10-18(11-9-17)23(28)29-22-16-21(24(2,3)4)26-27(22)20-14-12-19(25)13-15-20/h8-16H,5-7H2,1-4H3. The minimum absolute atomic E-state index is 0.181. The summed E-state index contributed by atoms with van der Waals surface area (Å²) < 4.78 is 7.38. The van der Waals surface area contributed by atoms with Crippen LogP contribution in [-0.2, 0) is 11.8 Å². The van der Waals surface area contributed by atoms with Gasteiger partial charge in [-0.15, -0.1) is 0 Å². The molecular formula is C24H27ClN2O2. The molecule has 0 radical (unpaired) electrons. The quantitative estimate of drug-likeness (QED) is 0.442. The van der Waals surface area contributed by atoms with Crippen molar-refractivity contribution in [2.45, 2.75) is 52.4 Å². The van der Waals surface area contributed by atoms with Crippen LogP contribution < -0.4 is 4.74 Å². The lowest BCUT2D eigenvalue weighted by molar-refractivity contribution is 0.0723. The lowest BCUT2D eigenvalue weighted by atomic mass is 9.93. The number of hydrogen-bond acceptors (Lipinski definition) is 3. The normalized spacial score (nSPS) is 11.5. The molecule has 0 bridgehead atoms. The third kappa shape index (κ3) is 5.27. The van der Waals surface area contributed by atoms with Crippen LogP contribution in [0.15, 0.2) is 54.6 Å². The Morgan fingerprint density at radius 1 is 1.07 bits per heavy atom. The number of halogens is 1. The van der Waals surface area contributed by atoms with Crippen molar-refractivity contribution in [3.05, 3.63) is 76.4 Å². The fraction of sp³-hybridized carbons (Fsp3) is 0.333. The van der Waals surface area contributed by atoms with Crippen LogP contribution in [0.25, 0.3) is 5.69 Å². The van der Waals surface area contributed by atoms with Crippen molar-refractivity contribution in [1.29, 1.82) is 0 Å². The van der Waals surface area contributed by atoms with E-state index in [1.807, 2.05) is 42.5 Å². The molecule has 3 aromatic rings. The Hall–Kier alpha value is -2.59. The molecule has 152 valence electrons. The van der Waals surface area contributed by atoms with Crippen LogP contribution in [0.2, 0.25) is 5.02 Å². The maximum absolute atomic E-state index is 12.8. The number of esters is 1. The van der Waals surface area contributed by atoms with E-state index in [4.69, 9.17) is 16.3 Å². The first-order valence-electron chi connectivity index (χ1n) is 9.95. The number of unbranched alkanes of at least 4 members (excludes halogenated alkanes) is 1. The molecule has 29 heavy (non-hydrogen) atoms. The second-order valence-electron chi connectivity index (χ2n) is 8.20. The molecular weight excluding hydrogens is 384 g/mol. The first-order chi connectivity index (χ1) is 13.8. The Balaban J connectivity index is 1.88. The average molecular weight is 411 g/mol. The van der Waals surface area contributed by atoms with Crippen LogP contribution in [0.4, 0.5) is 0 Å². The fourth-order valence-corrected chi connectivity index (χ4v) is 3.04. The van der Waals surface area contributed by atoms with Gasteiger partial charge >= 0.3 is 5.97 Å². The smallest absolute Gasteiger partial charge is 0.344 e. The molecule has 0 saturated carbocycles. The Morgan fingerprint density at radius 2 is 1.72 bits per heavy atom. The lowest BCUT2D eigenvalue weighted by Gasteiger charge is -2.13. The van der Waals surface area contributed by atoms with E-state index in [0.29, 0.717) is 16.5 Å². The minimum atomic E-state index is -0.400. The lowest BCUT2D eigenvalue weighted by Crippen LogP contribution is -2.13. The summed E-state index contributed by atoms with van der Waals surface area (Å²) in [6, 6.07) is 16.7. The third-order valence-corrected chi connectivity index (χ3v) is 4.97. The topological polar surface area (TPSA) is 44.1 Å². The zero-order valence-corrected chi connectivity index (χ0v) is 18.2. The Labute approximate surface area is 177 Å². The number of ether oxygens (including phenoxy) is 1. The van der Waals surface area contributed by atoms with Crippen LogP contribution in [0.5, 0.6) is 5.88 Å². The predicted octanol–water partition coefficient (Wildman–Crippen LogP) is 6.39. The summed E-state index contributed by atoms with van der Waals surface area (Å²) in [5.41, 5.74) is 3.18. The molecule has 0 N–H and O–H groups in total. The van der Waals surface area contributed by atoms with Crippen LogP contribution in [0.1, 0.15) is 62.2 Å². The zero-order valence-electron chi connectivity index (χ0n) is 17.4. The number of carbonyl (C=O) groups is 1. The number of hydrogen-bond donors (Lipinski definition) is 0. The van der Waals surface area contributed by atoms with Crippen molar-refractivity contribution in [1.82, 2.24) is 9.78 Å². The number of nitrogens with zero attached hydrogens (tertiary/aromatic N) is 2. The van der Waals surface area contributed by atoms with Gasteiger partial charge in [0.1, 0.15) is 0 Å². The van der Waals surface area contributed by atoms with E-state index >= 15 is 0 Å². The molecule has 0 spiro atoms. The van der Waals surface area contributed by atoms with Gasteiger partial charge in [0.2, 0.25) is 5.88 Å². The molecule has 5 heteroatoms. The molecule has 1 aromatic heterocycles. The Bertz CT molecular complexity index is 968. The molecule has 0 aliphatic rings. The number of benzene rings is 2. The highest BCUT2D eigenvalue weighted by Gasteiger charge is 2.23. The van der Waals surface area contributed by atoms with Gasteiger partial charge in [-0.3, -0.25) is 0 Å². The van der Waals surface area contributed by atoms with Gasteiger partial charge < -0.3 is 4.74 Å². The van der Waals surface area contributed by atoms with Crippen LogP contribution >= 0.6 is 11.6 Å². The molecule has 0 amide bonds. The van der Waals surface area contributed by atoms with Gasteiger partial charge in [0.05, 0.1) is 16.9 Å². The first kappa shape index (κ1) is 21.1. The SMILES string of the molecule is CCCCc1ccc(C(=O)Oc2cc(C(C)(C)C)nn2-c2ccc(Cl)cc2)cc1. The molecule has 0 aliphatic carbocycles. The van der Waals surface area contributed by atoms with Crippen molar-refractivity contribution in [3.63, 3.8) is 0 Å². The molecule has 3 rings (SSSR count). The van der Waals surface area contributed by atoms with Gasteiger partial charge in [0, 0.05) is 16.5 Å². The summed E-state index contributed by atoms with van der Waals surface area (Å²) in [4.78, 5) is 12.8. The Kier molecular flexibility index (Phi) is 6.43. The van der Waals surface area contributed by atoms with E-state index in [-0.39, 0.29) is 5.41 Å². The van der Waals surface area contributed by atoms with Crippen LogP contribution in [0, 0.1) is 0 Å². The van der Waals surface area contributed by atoms with Gasteiger partial charge in [-0.25, -0.2) is 9.48 Å². The van der Waals surface area contributed by atoms with E-state index < -0.39 is 5.97 Å². The average Bonchev–Trinajstić information content (AvgIpc) is 3.11. The summed E-state index contributed by atoms with van der Waals surface area (Å²) in [6.07, 6.45) is 3.30. The summed E-state index contributed by atoms with van der Waals surface area (Å²) in [6.45, 7) is 8.38. The summed E-state index contributed by atoms with van der Waals surface area (Å²) in [5.74, 6) is -0.0140. The van der Waals surface area contributed by atoms with Gasteiger partial charge in [-0.1, -0.05) is 57.8 Å². The third-order valence-electron chi connectivity index (χ3n) is 4.72. The van der Waals surface area contributed by atoms with Crippen LogP contribution in [-0.4, -0.2) is 15.7 Å². The molecule has 0 fully saturated rings. The number of carbonyl (C=O) groups excluding carboxylic acids is 1. The second-order valence-corrected chi connectivity index (χ2v) is 8.63. The summed E-state index contributed by atoms with van der Waals surface area (Å²) >= 11 is 6.01. The van der Waals surface area contributed by atoms with Crippen molar-refractivity contribution >= 4 is 17.6 Å². The first-order valence-corrected chi connectivity index (χ1v) is 10.3. The van der Waals surface area contributed by atoms with E-state index in [0.717, 1.165) is 30.6 Å². The second kappa shape index (κ2) is 8.83. The highest BCUT2D eigenvalue weighted by molar-refractivity contribution is 6.30. The van der Waals surface area contributed by atoms with Crippen molar-refractivity contribution in [2.24, 2.45) is 0 Å². The highest BCUT2D eigenvalue weighted by atomic mass is 35.5. The highest BCUT2D eigenvalue weighted by Crippen LogP contribution is 2.28. The van der Waals surface area contributed by atoms with Gasteiger partial charge in [-0.05, 0) is 54.8 Å². The molecule has 2 aromatic carbocycles. The number of aryl methyl sites for hydroxylation is 1. The minimum Gasteiger partial charge on any atom is -0.404 e. The molecule has 1 heterocycles. The van der Waals surface area contributed by atoms with E-state index in [1.165, 1.54) is 5.56 Å². The molecule has 0 unspecified atom stereocenters. The Morgan fingerprint density at radius 3 is 2.31 bits per heavy atom. The maximum Gasteiger partial charge on any atom is 0.344 e. The van der Waals surface area contributed by atoms with Crippen molar-refractivity contribution < 1.29 is 9.53 Å². The van der Waals surface area contributed by atoms with E-state index in [9.17, 15) is 4.79 Å². The largest absolute Gasteiger partial charge is 0.404 e. The molecule has 0 aliphatic heterocycles. The summed E-state index contributed by atoms with van der Waals surface area (Å²) in [5, 5.41) is 5.31. The monoisotopic (exact) mass is 410 g/mol. The van der Waals surface area contributed by atoms with Gasteiger partial charge in [-0.2, -0.15) is 5.10 Å².